The lowest BCUT2D eigenvalue weighted by Crippen LogP contribution is -2.14. The summed E-state index contributed by atoms with van der Waals surface area (Å²) < 4.78 is 26.7. The van der Waals surface area contributed by atoms with Crippen molar-refractivity contribution in [3.05, 3.63) is 59.2 Å². The molecule has 9 heteroatoms. The standard InChI is InChI=1S/C18H16F2N4OS2/c1-10-4-3-5-15(11(10)2)22-17-23-24-18(27-17)26-9-16(25)21-12-6-7-13(19)14(20)8-12/h3-8H,9H2,1-2H3,(H,21,25)(H,22,23). The Kier molecular flexibility index (Phi) is 6.02. The SMILES string of the molecule is Cc1cccc(Nc2nnc(SCC(=O)Nc3ccc(F)c(F)c3)s2)c1C. The number of aromatic nitrogens is 2. The van der Waals surface area contributed by atoms with E-state index in [9.17, 15) is 13.6 Å². The van der Waals surface area contributed by atoms with Crippen LogP contribution >= 0.6 is 23.1 Å². The number of aryl methyl sites for hydroxylation is 1. The third-order valence-corrected chi connectivity index (χ3v) is 5.75. The maximum Gasteiger partial charge on any atom is 0.234 e. The summed E-state index contributed by atoms with van der Waals surface area (Å²) in [5, 5.41) is 14.5. The van der Waals surface area contributed by atoms with Gasteiger partial charge in [0.1, 0.15) is 0 Å². The van der Waals surface area contributed by atoms with E-state index in [-0.39, 0.29) is 17.3 Å². The van der Waals surface area contributed by atoms with E-state index >= 15 is 0 Å². The first-order valence-corrected chi connectivity index (χ1v) is 9.77. The van der Waals surface area contributed by atoms with Gasteiger partial charge < -0.3 is 10.6 Å². The fraction of sp³-hybridized carbons (Fsp3) is 0.167. The molecule has 0 saturated heterocycles. The molecule has 0 fully saturated rings. The molecule has 0 spiro atoms. The average molecular weight is 406 g/mol. The number of nitrogens with one attached hydrogen (secondary N) is 2. The van der Waals surface area contributed by atoms with Crippen LogP contribution in [0.25, 0.3) is 0 Å². The predicted molar refractivity (Wildman–Crippen MR) is 105 cm³/mol. The Labute approximate surface area is 163 Å². The summed E-state index contributed by atoms with van der Waals surface area (Å²) in [6.45, 7) is 4.06. The van der Waals surface area contributed by atoms with Crippen LogP contribution in [0.15, 0.2) is 40.7 Å². The third kappa shape index (κ3) is 5.01. The molecular formula is C18H16F2N4OS2. The Balaban J connectivity index is 1.55. The van der Waals surface area contributed by atoms with E-state index in [1.165, 1.54) is 34.7 Å². The van der Waals surface area contributed by atoms with E-state index in [0.29, 0.717) is 9.47 Å². The first-order chi connectivity index (χ1) is 12.9. The van der Waals surface area contributed by atoms with Gasteiger partial charge in [0.25, 0.3) is 0 Å². The Morgan fingerprint density at radius 2 is 1.96 bits per heavy atom. The lowest BCUT2D eigenvalue weighted by Gasteiger charge is -2.08. The molecule has 1 heterocycles. The van der Waals surface area contributed by atoms with Gasteiger partial charge in [0.15, 0.2) is 16.0 Å². The minimum Gasteiger partial charge on any atom is -0.330 e. The van der Waals surface area contributed by atoms with E-state index in [4.69, 9.17) is 0 Å². The number of halogens is 2. The van der Waals surface area contributed by atoms with Crippen molar-refractivity contribution in [3.63, 3.8) is 0 Å². The van der Waals surface area contributed by atoms with Crippen molar-refractivity contribution in [1.82, 2.24) is 10.2 Å². The van der Waals surface area contributed by atoms with Gasteiger partial charge in [0.2, 0.25) is 11.0 Å². The minimum atomic E-state index is -1.01. The van der Waals surface area contributed by atoms with Crippen LogP contribution in [0.2, 0.25) is 0 Å². The Morgan fingerprint density at radius 3 is 2.74 bits per heavy atom. The highest BCUT2D eigenvalue weighted by molar-refractivity contribution is 8.01. The second-order valence-corrected chi connectivity index (χ2v) is 7.91. The van der Waals surface area contributed by atoms with Crippen LogP contribution in [0.1, 0.15) is 11.1 Å². The predicted octanol–water partition coefficient (Wildman–Crippen LogP) is 4.91. The number of rotatable bonds is 6. The van der Waals surface area contributed by atoms with Gasteiger partial charge in [-0.1, -0.05) is 35.2 Å². The number of thioether (sulfide) groups is 1. The highest BCUT2D eigenvalue weighted by Crippen LogP contribution is 2.29. The van der Waals surface area contributed by atoms with E-state index in [2.05, 4.69) is 20.8 Å². The second kappa shape index (κ2) is 8.45. The first-order valence-electron chi connectivity index (χ1n) is 7.97. The highest BCUT2D eigenvalue weighted by Gasteiger charge is 2.11. The summed E-state index contributed by atoms with van der Waals surface area (Å²) in [6, 6.07) is 9.17. The van der Waals surface area contributed by atoms with E-state index in [0.717, 1.165) is 23.4 Å². The largest absolute Gasteiger partial charge is 0.330 e. The van der Waals surface area contributed by atoms with Gasteiger partial charge in [0.05, 0.1) is 5.75 Å². The molecule has 0 atom stereocenters. The molecule has 2 N–H and O–H groups in total. The molecule has 0 radical (unpaired) electrons. The molecule has 1 amide bonds. The Hall–Kier alpha value is -2.52. The molecule has 0 unspecified atom stereocenters. The van der Waals surface area contributed by atoms with Crippen molar-refractivity contribution in [1.29, 1.82) is 0 Å². The number of benzene rings is 2. The Morgan fingerprint density at radius 1 is 1.15 bits per heavy atom. The molecule has 140 valence electrons. The lowest BCUT2D eigenvalue weighted by molar-refractivity contribution is -0.113. The molecule has 5 nitrogen and oxygen atoms in total. The lowest BCUT2D eigenvalue weighted by atomic mass is 10.1. The van der Waals surface area contributed by atoms with Crippen molar-refractivity contribution >= 4 is 45.5 Å². The number of amides is 1. The van der Waals surface area contributed by atoms with Gasteiger partial charge in [-0.25, -0.2) is 8.78 Å². The van der Waals surface area contributed by atoms with Gasteiger partial charge in [0, 0.05) is 17.4 Å². The van der Waals surface area contributed by atoms with Crippen LogP contribution in [0.4, 0.5) is 25.3 Å². The maximum atomic E-state index is 13.2. The normalized spacial score (nSPS) is 10.7. The fourth-order valence-electron chi connectivity index (χ4n) is 2.22. The quantitative estimate of drug-likeness (QED) is 0.570. The summed E-state index contributed by atoms with van der Waals surface area (Å²) in [7, 11) is 0. The molecular weight excluding hydrogens is 390 g/mol. The zero-order valence-corrected chi connectivity index (χ0v) is 16.2. The molecule has 0 aliphatic carbocycles. The number of anilines is 3. The second-order valence-electron chi connectivity index (χ2n) is 5.71. The van der Waals surface area contributed by atoms with Crippen molar-refractivity contribution in [2.75, 3.05) is 16.4 Å². The summed E-state index contributed by atoms with van der Waals surface area (Å²) in [6.07, 6.45) is 0. The van der Waals surface area contributed by atoms with Gasteiger partial charge >= 0.3 is 0 Å². The van der Waals surface area contributed by atoms with Gasteiger partial charge in [-0.2, -0.15) is 0 Å². The molecule has 2 aromatic carbocycles. The summed E-state index contributed by atoms with van der Waals surface area (Å²) in [5.41, 5.74) is 3.47. The smallest absolute Gasteiger partial charge is 0.234 e. The van der Waals surface area contributed by atoms with Gasteiger partial charge in [-0.15, -0.1) is 10.2 Å². The van der Waals surface area contributed by atoms with E-state index < -0.39 is 11.6 Å². The van der Waals surface area contributed by atoms with Crippen LogP contribution in [-0.2, 0) is 4.79 Å². The summed E-state index contributed by atoms with van der Waals surface area (Å²) >= 11 is 2.55. The maximum absolute atomic E-state index is 13.2. The van der Waals surface area contributed by atoms with Crippen LogP contribution in [0, 0.1) is 25.5 Å². The average Bonchev–Trinajstić information content (AvgIpc) is 3.08. The number of hydrogen-bond acceptors (Lipinski definition) is 6. The zero-order chi connectivity index (χ0) is 19.4. The van der Waals surface area contributed by atoms with Crippen LogP contribution in [0.5, 0.6) is 0 Å². The highest BCUT2D eigenvalue weighted by atomic mass is 32.2. The number of carbonyl (C=O) groups excluding carboxylic acids is 1. The molecule has 0 bridgehead atoms. The molecule has 3 rings (SSSR count). The molecule has 1 aromatic heterocycles. The summed E-state index contributed by atoms with van der Waals surface area (Å²) in [5.74, 6) is -2.23. The van der Waals surface area contributed by atoms with E-state index in [1.807, 2.05) is 32.0 Å². The topological polar surface area (TPSA) is 66.9 Å². The molecule has 0 saturated carbocycles. The van der Waals surface area contributed by atoms with Crippen molar-refractivity contribution < 1.29 is 13.6 Å². The fourth-order valence-corrected chi connectivity index (χ4v) is 3.78. The van der Waals surface area contributed by atoms with Crippen LogP contribution < -0.4 is 10.6 Å². The molecule has 0 aliphatic rings. The number of nitrogens with zero attached hydrogens (tertiary/aromatic N) is 2. The van der Waals surface area contributed by atoms with E-state index in [1.54, 1.807) is 0 Å². The zero-order valence-electron chi connectivity index (χ0n) is 14.5. The van der Waals surface area contributed by atoms with Crippen molar-refractivity contribution in [2.45, 2.75) is 18.2 Å². The minimum absolute atomic E-state index is 0.0805. The third-order valence-electron chi connectivity index (χ3n) is 3.78. The van der Waals surface area contributed by atoms with Gasteiger partial charge in [-0.05, 0) is 43.2 Å². The Bertz CT molecular complexity index is 978. The number of hydrogen-bond donors (Lipinski definition) is 2. The van der Waals surface area contributed by atoms with Crippen LogP contribution in [0.3, 0.4) is 0 Å². The molecule has 27 heavy (non-hydrogen) atoms. The summed E-state index contributed by atoms with van der Waals surface area (Å²) in [4.78, 5) is 12.0. The first kappa shape index (κ1) is 19.2. The molecule has 0 aliphatic heterocycles. The van der Waals surface area contributed by atoms with Gasteiger partial charge in [-0.3, -0.25) is 4.79 Å². The monoisotopic (exact) mass is 406 g/mol. The van der Waals surface area contributed by atoms with Crippen LogP contribution in [-0.4, -0.2) is 21.9 Å². The van der Waals surface area contributed by atoms with Crippen molar-refractivity contribution in [2.24, 2.45) is 0 Å². The number of carbonyl (C=O) groups is 1. The molecule has 3 aromatic rings. The van der Waals surface area contributed by atoms with Crippen molar-refractivity contribution in [3.8, 4) is 0 Å².